The van der Waals surface area contributed by atoms with Gasteiger partial charge in [0.15, 0.2) is 5.76 Å². The van der Waals surface area contributed by atoms with Crippen LogP contribution in [0.5, 0.6) is 0 Å². The molecule has 0 fully saturated rings. The fraction of sp³-hybridized carbons (Fsp3) is 0.111. The summed E-state index contributed by atoms with van der Waals surface area (Å²) in [7, 11) is 0. The SMILES string of the molecule is N#CCC(=O)Nc1ccc(C(=O)OCc2cc(-c3ccco3)on2)cc1. The van der Waals surface area contributed by atoms with Crippen molar-refractivity contribution in [3.05, 3.63) is 60.0 Å². The zero-order valence-corrected chi connectivity index (χ0v) is 13.5. The van der Waals surface area contributed by atoms with Crippen LogP contribution >= 0.6 is 0 Å². The molecule has 3 aromatic rings. The number of nitrogens with one attached hydrogen (secondary N) is 1. The van der Waals surface area contributed by atoms with E-state index in [0.717, 1.165) is 0 Å². The molecule has 8 heteroatoms. The largest absolute Gasteiger partial charge is 0.461 e. The minimum absolute atomic E-state index is 0.0519. The first-order valence-corrected chi connectivity index (χ1v) is 7.59. The number of anilines is 1. The molecule has 1 N–H and O–H groups in total. The molecule has 1 amide bonds. The number of carbonyl (C=O) groups is 2. The van der Waals surface area contributed by atoms with Crippen LogP contribution in [-0.2, 0) is 16.1 Å². The molecule has 0 saturated heterocycles. The highest BCUT2D eigenvalue weighted by atomic mass is 16.5. The zero-order chi connectivity index (χ0) is 18.4. The molecular weight excluding hydrogens is 338 g/mol. The first kappa shape index (κ1) is 17.0. The fourth-order valence-corrected chi connectivity index (χ4v) is 2.10. The topological polar surface area (TPSA) is 118 Å². The van der Waals surface area contributed by atoms with Crippen LogP contribution in [0.15, 0.2) is 57.7 Å². The van der Waals surface area contributed by atoms with Gasteiger partial charge in [0.25, 0.3) is 0 Å². The van der Waals surface area contributed by atoms with E-state index in [1.165, 1.54) is 18.4 Å². The summed E-state index contributed by atoms with van der Waals surface area (Å²) < 4.78 is 15.5. The van der Waals surface area contributed by atoms with E-state index in [1.807, 2.05) is 0 Å². The van der Waals surface area contributed by atoms with E-state index in [1.54, 1.807) is 36.4 Å². The van der Waals surface area contributed by atoms with Gasteiger partial charge in [-0.25, -0.2) is 4.79 Å². The van der Waals surface area contributed by atoms with Crippen molar-refractivity contribution in [1.82, 2.24) is 5.16 Å². The minimum atomic E-state index is -0.539. The molecule has 3 rings (SSSR count). The van der Waals surface area contributed by atoms with Gasteiger partial charge in [0.1, 0.15) is 18.7 Å². The molecule has 1 aromatic carbocycles. The third-order valence-corrected chi connectivity index (χ3v) is 3.32. The first-order valence-electron chi connectivity index (χ1n) is 7.59. The second-order valence-electron chi connectivity index (χ2n) is 5.20. The Bertz CT molecular complexity index is 936. The molecule has 8 nitrogen and oxygen atoms in total. The summed E-state index contributed by atoms with van der Waals surface area (Å²) in [5, 5.41) is 14.8. The molecule has 0 saturated carbocycles. The predicted octanol–water partition coefficient (Wildman–Crippen LogP) is 3.14. The van der Waals surface area contributed by atoms with Crippen molar-refractivity contribution in [1.29, 1.82) is 5.26 Å². The number of ether oxygens (including phenoxy) is 1. The molecule has 0 aliphatic carbocycles. The maximum absolute atomic E-state index is 12.1. The summed E-state index contributed by atoms with van der Waals surface area (Å²) in [6.07, 6.45) is 1.28. The Hall–Kier alpha value is -3.86. The van der Waals surface area contributed by atoms with Gasteiger partial charge >= 0.3 is 5.97 Å². The maximum Gasteiger partial charge on any atom is 0.338 e. The van der Waals surface area contributed by atoms with E-state index in [9.17, 15) is 9.59 Å². The number of hydrogen-bond acceptors (Lipinski definition) is 7. The number of hydrogen-bond donors (Lipinski definition) is 1. The first-order chi connectivity index (χ1) is 12.7. The van der Waals surface area contributed by atoms with E-state index in [2.05, 4.69) is 10.5 Å². The quantitative estimate of drug-likeness (QED) is 0.678. The summed E-state index contributed by atoms with van der Waals surface area (Å²) in [6.45, 7) is -0.0519. The highest BCUT2D eigenvalue weighted by Gasteiger charge is 2.12. The van der Waals surface area contributed by atoms with Crippen LogP contribution in [0.4, 0.5) is 5.69 Å². The highest BCUT2D eigenvalue weighted by Crippen LogP contribution is 2.21. The van der Waals surface area contributed by atoms with Gasteiger partial charge in [-0.3, -0.25) is 4.79 Å². The lowest BCUT2D eigenvalue weighted by Gasteiger charge is -2.05. The number of amides is 1. The minimum Gasteiger partial charge on any atom is -0.461 e. The monoisotopic (exact) mass is 351 g/mol. The van der Waals surface area contributed by atoms with Gasteiger partial charge in [0.2, 0.25) is 11.7 Å². The average molecular weight is 351 g/mol. The molecule has 2 aromatic heterocycles. The van der Waals surface area contributed by atoms with Crippen molar-refractivity contribution in [3.63, 3.8) is 0 Å². The summed E-state index contributed by atoms with van der Waals surface area (Å²) >= 11 is 0. The molecule has 26 heavy (non-hydrogen) atoms. The van der Waals surface area contributed by atoms with Gasteiger partial charge in [-0.05, 0) is 36.4 Å². The fourth-order valence-electron chi connectivity index (χ4n) is 2.10. The second-order valence-corrected chi connectivity index (χ2v) is 5.20. The van der Waals surface area contributed by atoms with Gasteiger partial charge in [-0.2, -0.15) is 5.26 Å². The Morgan fingerprint density at radius 3 is 2.69 bits per heavy atom. The van der Waals surface area contributed by atoms with Crippen LogP contribution < -0.4 is 5.32 Å². The van der Waals surface area contributed by atoms with Crippen molar-refractivity contribution < 1.29 is 23.3 Å². The molecule has 0 unspecified atom stereocenters. The number of rotatable bonds is 6. The number of furan rings is 1. The molecule has 130 valence electrons. The predicted molar refractivity (Wildman–Crippen MR) is 88.6 cm³/mol. The number of benzene rings is 1. The third kappa shape index (κ3) is 4.15. The van der Waals surface area contributed by atoms with Gasteiger partial charge in [-0.1, -0.05) is 5.16 Å². The van der Waals surface area contributed by atoms with Gasteiger partial charge in [-0.15, -0.1) is 0 Å². The summed E-state index contributed by atoms with van der Waals surface area (Å²) in [5.41, 5.74) is 1.25. The van der Waals surface area contributed by atoms with Crippen LogP contribution in [0.25, 0.3) is 11.5 Å². The van der Waals surface area contributed by atoms with E-state index in [4.69, 9.17) is 18.9 Å². The van der Waals surface area contributed by atoms with Crippen molar-refractivity contribution in [2.24, 2.45) is 0 Å². The molecule has 0 bridgehead atoms. The van der Waals surface area contributed by atoms with Crippen molar-refractivity contribution in [2.75, 3.05) is 5.32 Å². The molecule has 0 atom stereocenters. The second kappa shape index (κ2) is 7.81. The Morgan fingerprint density at radius 1 is 1.19 bits per heavy atom. The molecule has 0 radical (unpaired) electrons. The lowest BCUT2D eigenvalue weighted by molar-refractivity contribution is -0.115. The van der Waals surface area contributed by atoms with Gasteiger partial charge < -0.3 is 19.0 Å². The number of carbonyl (C=O) groups excluding carboxylic acids is 2. The highest BCUT2D eigenvalue weighted by molar-refractivity contribution is 5.93. The summed E-state index contributed by atoms with van der Waals surface area (Å²) in [6, 6.07) is 13.0. The summed E-state index contributed by atoms with van der Waals surface area (Å²) in [5.74, 6) is 0.0197. The number of esters is 1. The normalized spacial score (nSPS) is 10.1. The maximum atomic E-state index is 12.1. The van der Waals surface area contributed by atoms with Crippen molar-refractivity contribution >= 4 is 17.6 Å². The molecular formula is C18H13N3O5. The smallest absolute Gasteiger partial charge is 0.338 e. The Morgan fingerprint density at radius 2 is 2.00 bits per heavy atom. The number of nitriles is 1. The molecule has 0 aliphatic rings. The number of aromatic nitrogens is 1. The average Bonchev–Trinajstić information content (AvgIpc) is 3.32. The van der Waals surface area contributed by atoms with Gasteiger partial charge in [0.05, 0.1) is 17.9 Å². The van der Waals surface area contributed by atoms with Crippen LogP contribution in [-0.4, -0.2) is 17.0 Å². The Balaban J connectivity index is 1.55. The Kier molecular flexibility index (Phi) is 5.10. The van der Waals surface area contributed by atoms with E-state index >= 15 is 0 Å². The van der Waals surface area contributed by atoms with E-state index < -0.39 is 11.9 Å². The third-order valence-electron chi connectivity index (χ3n) is 3.32. The molecule has 0 spiro atoms. The van der Waals surface area contributed by atoms with Crippen molar-refractivity contribution in [2.45, 2.75) is 13.0 Å². The van der Waals surface area contributed by atoms with Crippen molar-refractivity contribution in [3.8, 4) is 17.6 Å². The standard InChI is InChI=1S/C18H13N3O5/c19-8-7-17(22)20-13-5-3-12(4-6-13)18(23)25-11-14-10-16(26-21-14)15-2-1-9-24-15/h1-6,9-10H,7,11H2,(H,20,22). The van der Waals surface area contributed by atoms with Gasteiger partial charge in [0, 0.05) is 11.8 Å². The Labute approximate surface area is 148 Å². The lowest BCUT2D eigenvalue weighted by atomic mass is 10.2. The van der Waals surface area contributed by atoms with E-state index in [-0.39, 0.29) is 13.0 Å². The lowest BCUT2D eigenvalue weighted by Crippen LogP contribution is -2.10. The summed E-state index contributed by atoms with van der Waals surface area (Å²) in [4.78, 5) is 23.4. The van der Waals surface area contributed by atoms with Crippen LogP contribution in [0.3, 0.4) is 0 Å². The van der Waals surface area contributed by atoms with E-state index in [0.29, 0.717) is 28.5 Å². The molecule has 2 heterocycles. The molecule has 0 aliphatic heterocycles. The van der Waals surface area contributed by atoms with Crippen LogP contribution in [0.2, 0.25) is 0 Å². The number of nitrogens with zero attached hydrogens (tertiary/aromatic N) is 2. The van der Waals surface area contributed by atoms with Crippen LogP contribution in [0, 0.1) is 11.3 Å². The zero-order valence-electron chi connectivity index (χ0n) is 13.5. The van der Waals surface area contributed by atoms with Crippen LogP contribution in [0.1, 0.15) is 22.5 Å².